The van der Waals surface area contributed by atoms with Crippen LogP contribution in [0.1, 0.15) is 70.7 Å². The van der Waals surface area contributed by atoms with Gasteiger partial charge in [0, 0.05) is 11.4 Å². The van der Waals surface area contributed by atoms with Gasteiger partial charge in [0.25, 0.3) is 11.8 Å². The maximum atomic E-state index is 13.5. The monoisotopic (exact) mass is 700 g/mol. The molecule has 2 amide bonds. The third-order valence-electron chi connectivity index (χ3n) is 9.51. The van der Waals surface area contributed by atoms with E-state index in [1.165, 1.54) is 22.3 Å². The largest absolute Gasteiger partial charge is 0.492 e. The summed E-state index contributed by atoms with van der Waals surface area (Å²) in [6, 6.07) is 48.0. The van der Waals surface area contributed by atoms with Crippen LogP contribution in [0.25, 0.3) is 11.1 Å². The van der Waals surface area contributed by atoms with Crippen LogP contribution in [0.4, 0.5) is 11.4 Å². The van der Waals surface area contributed by atoms with Gasteiger partial charge >= 0.3 is 0 Å². The summed E-state index contributed by atoms with van der Waals surface area (Å²) in [5.41, 5.74) is 8.51. The number of ether oxygens (including phenoxy) is 2. The van der Waals surface area contributed by atoms with Crippen LogP contribution in [0, 0.1) is 11.8 Å². The summed E-state index contributed by atoms with van der Waals surface area (Å²) in [5.74, 6) is 1.35. The molecule has 6 aromatic rings. The van der Waals surface area contributed by atoms with Crippen molar-refractivity contribution in [3.05, 3.63) is 179 Å². The molecule has 0 saturated carbocycles. The van der Waals surface area contributed by atoms with Gasteiger partial charge in [-0.25, -0.2) is 0 Å². The number of nitrogens with one attached hydrogen (secondary N) is 2. The summed E-state index contributed by atoms with van der Waals surface area (Å²) < 4.78 is 11.9. The first kappa shape index (κ1) is 35.3. The van der Waals surface area contributed by atoms with Gasteiger partial charge in [0.2, 0.25) is 0 Å². The molecule has 0 bridgehead atoms. The number of amides is 2. The van der Waals surface area contributed by atoms with Crippen molar-refractivity contribution in [3.8, 4) is 22.6 Å². The van der Waals surface area contributed by atoms with Crippen molar-refractivity contribution in [2.45, 2.75) is 33.1 Å². The molecule has 1 aliphatic rings. The van der Waals surface area contributed by atoms with E-state index >= 15 is 0 Å². The molecule has 266 valence electrons. The number of para-hydroxylation sites is 2. The molecule has 0 aliphatic heterocycles. The molecule has 2 N–H and O–H groups in total. The Kier molecular flexibility index (Phi) is 10.1. The van der Waals surface area contributed by atoms with Gasteiger partial charge in [-0.15, -0.1) is 0 Å². The van der Waals surface area contributed by atoms with Crippen LogP contribution in [0.15, 0.2) is 146 Å². The maximum absolute atomic E-state index is 13.5. The molecule has 6 nitrogen and oxygen atoms in total. The van der Waals surface area contributed by atoms with Crippen LogP contribution < -0.4 is 20.1 Å². The number of rotatable bonds is 12. The van der Waals surface area contributed by atoms with E-state index in [9.17, 15) is 9.59 Å². The van der Waals surface area contributed by atoms with E-state index < -0.39 is 5.41 Å². The molecule has 0 aromatic heterocycles. The molecule has 53 heavy (non-hydrogen) atoms. The Hall–Kier alpha value is -6.14. The molecule has 0 heterocycles. The molecule has 7 rings (SSSR count). The van der Waals surface area contributed by atoms with Crippen molar-refractivity contribution in [2.75, 3.05) is 23.8 Å². The zero-order valence-corrected chi connectivity index (χ0v) is 30.6. The molecule has 0 fully saturated rings. The highest BCUT2D eigenvalue weighted by atomic mass is 16.5. The molecule has 0 spiro atoms. The van der Waals surface area contributed by atoms with Crippen LogP contribution in [0.5, 0.6) is 11.5 Å². The molecule has 6 heteroatoms. The van der Waals surface area contributed by atoms with Gasteiger partial charge < -0.3 is 20.1 Å². The van der Waals surface area contributed by atoms with Crippen molar-refractivity contribution >= 4 is 23.2 Å². The Morgan fingerprint density at radius 2 is 0.849 bits per heavy atom. The second kappa shape index (κ2) is 15.2. The zero-order chi connectivity index (χ0) is 37.0. The van der Waals surface area contributed by atoms with Crippen molar-refractivity contribution in [2.24, 2.45) is 11.8 Å². The Morgan fingerprint density at radius 1 is 0.491 bits per heavy atom. The highest BCUT2D eigenvalue weighted by molar-refractivity contribution is 6.07. The third-order valence-corrected chi connectivity index (χ3v) is 9.51. The Bertz CT molecular complexity index is 2080. The number of fused-ring (bicyclic) bond motifs is 3. The number of anilines is 2. The van der Waals surface area contributed by atoms with Crippen LogP contribution in [0.2, 0.25) is 0 Å². The van der Waals surface area contributed by atoms with E-state index in [0.29, 0.717) is 59.1 Å². The molecule has 1 aliphatic carbocycles. The fourth-order valence-electron chi connectivity index (χ4n) is 7.10. The second-order valence-corrected chi connectivity index (χ2v) is 14.3. The molecule has 0 saturated heterocycles. The Labute approximate surface area is 311 Å². The van der Waals surface area contributed by atoms with E-state index in [1.807, 2.05) is 60.7 Å². The van der Waals surface area contributed by atoms with E-state index in [1.54, 1.807) is 12.1 Å². The van der Waals surface area contributed by atoms with Gasteiger partial charge in [0.1, 0.15) is 11.5 Å². The highest BCUT2D eigenvalue weighted by Crippen LogP contribution is 2.56. The summed E-state index contributed by atoms with van der Waals surface area (Å²) in [5, 5.41) is 6.17. The summed E-state index contributed by atoms with van der Waals surface area (Å²) in [6.07, 6.45) is 0. The minimum Gasteiger partial charge on any atom is -0.492 e. The second-order valence-electron chi connectivity index (χ2n) is 14.3. The predicted molar refractivity (Wildman–Crippen MR) is 213 cm³/mol. The van der Waals surface area contributed by atoms with Crippen LogP contribution in [0.3, 0.4) is 0 Å². The summed E-state index contributed by atoms with van der Waals surface area (Å²) in [6.45, 7) is 9.37. The fraction of sp³-hybridized carbons (Fsp3) is 0.191. The van der Waals surface area contributed by atoms with Crippen molar-refractivity contribution in [3.63, 3.8) is 0 Å². The molecule has 0 unspecified atom stereocenters. The van der Waals surface area contributed by atoms with Gasteiger partial charge in [0.15, 0.2) is 0 Å². The quantitative estimate of drug-likeness (QED) is 0.133. The van der Waals surface area contributed by atoms with E-state index in [0.717, 1.165) is 11.1 Å². The maximum Gasteiger partial charge on any atom is 0.259 e. The average molecular weight is 701 g/mol. The number of carbonyl (C=O) groups is 2. The van der Waals surface area contributed by atoms with Gasteiger partial charge in [-0.05, 0) is 93.7 Å². The van der Waals surface area contributed by atoms with Crippen LogP contribution in [-0.2, 0) is 5.41 Å². The highest BCUT2D eigenvalue weighted by Gasteiger charge is 2.45. The molecule has 6 aromatic carbocycles. The summed E-state index contributed by atoms with van der Waals surface area (Å²) in [7, 11) is 0. The first-order valence-corrected chi connectivity index (χ1v) is 18.2. The Morgan fingerprint density at radius 3 is 1.25 bits per heavy atom. The number of benzene rings is 6. The predicted octanol–water partition coefficient (Wildman–Crippen LogP) is 10.6. The SMILES string of the molecule is CC(C)COc1ccccc1C(=O)Nc1ccc(C2(c3ccc(NC(=O)c4ccccc4OCC(C)C)cc3)c3ccccc3-c3ccccc32)cc1. The lowest BCUT2D eigenvalue weighted by Gasteiger charge is -2.34. The third kappa shape index (κ3) is 7.05. The smallest absolute Gasteiger partial charge is 0.259 e. The van der Waals surface area contributed by atoms with Gasteiger partial charge in [-0.2, -0.15) is 0 Å². The topological polar surface area (TPSA) is 76.7 Å². The van der Waals surface area contributed by atoms with E-state index in [-0.39, 0.29) is 11.8 Å². The van der Waals surface area contributed by atoms with Crippen molar-refractivity contribution < 1.29 is 19.1 Å². The molecule has 0 atom stereocenters. The Balaban J connectivity index is 1.22. The minimum absolute atomic E-state index is 0.227. The van der Waals surface area contributed by atoms with E-state index in [2.05, 4.69) is 111 Å². The number of carbonyl (C=O) groups excluding carboxylic acids is 2. The first-order valence-electron chi connectivity index (χ1n) is 18.2. The van der Waals surface area contributed by atoms with Gasteiger partial charge in [-0.3, -0.25) is 9.59 Å². The normalized spacial score (nSPS) is 12.6. The fourth-order valence-corrected chi connectivity index (χ4v) is 7.10. The zero-order valence-electron chi connectivity index (χ0n) is 30.6. The molecular weight excluding hydrogens is 657 g/mol. The van der Waals surface area contributed by atoms with Crippen molar-refractivity contribution in [1.29, 1.82) is 0 Å². The number of hydrogen-bond donors (Lipinski definition) is 2. The molecule has 0 radical (unpaired) electrons. The van der Waals surface area contributed by atoms with Crippen LogP contribution >= 0.6 is 0 Å². The van der Waals surface area contributed by atoms with Gasteiger partial charge in [-0.1, -0.05) is 125 Å². The number of hydrogen-bond acceptors (Lipinski definition) is 4. The molecular formula is C47H44N2O4. The van der Waals surface area contributed by atoms with E-state index in [4.69, 9.17) is 9.47 Å². The van der Waals surface area contributed by atoms with Crippen molar-refractivity contribution in [1.82, 2.24) is 0 Å². The first-order chi connectivity index (χ1) is 25.8. The van der Waals surface area contributed by atoms with Crippen LogP contribution in [-0.4, -0.2) is 25.0 Å². The lowest BCUT2D eigenvalue weighted by molar-refractivity contribution is 0.101. The average Bonchev–Trinajstić information content (AvgIpc) is 3.48. The lowest BCUT2D eigenvalue weighted by Crippen LogP contribution is -2.28. The summed E-state index contributed by atoms with van der Waals surface area (Å²) in [4.78, 5) is 27.0. The minimum atomic E-state index is -0.646. The lowest BCUT2D eigenvalue weighted by atomic mass is 9.67. The van der Waals surface area contributed by atoms with Gasteiger partial charge in [0.05, 0.1) is 29.8 Å². The summed E-state index contributed by atoms with van der Waals surface area (Å²) >= 11 is 0. The standard InChI is InChI=1S/C47H44N2O4/c1-31(2)29-52-43-19-11-7-15-39(43)45(50)48-35-25-21-33(22-26-35)47(41-17-9-5-13-37(41)38-14-6-10-18-42(38)47)34-23-27-36(28-24-34)49-46(51)40-16-8-12-20-44(40)53-30-32(3)4/h5-28,31-32H,29-30H2,1-4H3,(H,48,50)(H,49,51).